The Kier molecular flexibility index (Phi) is 5.21. The second kappa shape index (κ2) is 6.96. The van der Waals surface area contributed by atoms with Gasteiger partial charge in [-0.05, 0) is 48.7 Å². The number of carbonyl (C=O) groups excluding carboxylic acids is 1. The van der Waals surface area contributed by atoms with Crippen molar-refractivity contribution >= 4 is 21.4 Å². The molecule has 0 bridgehead atoms. The van der Waals surface area contributed by atoms with Gasteiger partial charge in [0.2, 0.25) is 0 Å². The van der Waals surface area contributed by atoms with Gasteiger partial charge in [0.25, 0.3) is 5.91 Å². The molecule has 0 aliphatic heterocycles. The minimum Gasteiger partial charge on any atom is -0.322 e. The normalized spacial score (nSPS) is 11.3. The predicted molar refractivity (Wildman–Crippen MR) is 92.7 cm³/mol. The molecule has 0 aromatic heterocycles. The van der Waals surface area contributed by atoms with Crippen molar-refractivity contribution in [3.05, 3.63) is 59.2 Å². The molecule has 0 radical (unpaired) electrons. The summed E-state index contributed by atoms with van der Waals surface area (Å²) in [6.45, 7) is 3.90. The number of nitrogens with one attached hydrogen (secondary N) is 1. The van der Waals surface area contributed by atoms with Crippen LogP contribution in [0, 0.1) is 6.92 Å². The highest BCUT2D eigenvalue weighted by atomic mass is 32.2. The maximum absolute atomic E-state index is 12.4. The fourth-order valence-electron chi connectivity index (χ4n) is 2.32. The molecule has 4 nitrogen and oxygen atoms in total. The Labute approximate surface area is 137 Å². The van der Waals surface area contributed by atoms with Crippen LogP contribution in [0.25, 0.3) is 0 Å². The van der Waals surface area contributed by atoms with E-state index in [2.05, 4.69) is 12.2 Å². The lowest BCUT2D eigenvalue weighted by molar-refractivity contribution is 0.102. The summed E-state index contributed by atoms with van der Waals surface area (Å²) >= 11 is 0. The van der Waals surface area contributed by atoms with Crippen LogP contribution < -0.4 is 5.32 Å². The van der Waals surface area contributed by atoms with Gasteiger partial charge in [0.05, 0.1) is 4.90 Å². The van der Waals surface area contributed by atoms with Gasteiger partial charge in [-0.15, -0.1) is 0 Å². The minimum atomic E-state index is -3.34. The minimum absolute atomic E-state index is 0.145. The Balaban J connectivity index is 2.23. The van der Waals surface area contributed by atoms with E-state index in [1.54, 1.807) is 13.0 Å². The molecule has 0 atom stereocenters. The SMILES string of the molecule is CCCc1ccc(NC(=O)c2cc(S(C)(=O)=O)ccc2C)cc1. The molecule has 0 spiro atoms. The van der Waals surface area contributed by atoms with Gasteiger partial charge in [0.1, 0.15) is 0 Å². The first kappa shape index (κ1) is 17.2. The molecule has 0 heterocycles. The second-order valence-electron chi connectivity index (χ2n) is 5.65. The molecular weight excluding hydrogens is 310 g/mol. The van der Waals surface area contributed by atoms with E-state index < -0.39 is 9.84 Å². The van der Waals surface area contributed by atoms with Crippen molar-refractivity contribution in [2.75, 3.05) is 11.6 Å². The number of sulfone groups is 1. The van der Waals surface area contributed by atoms with Crippen molar-refractivity contribution in [3.63, 3.8) is 0 Å². The summed E-state index contributed by atoms with van der Waals surface area (Å²) in [4.78, 5) is 12.6. The first-order valence-corrected chi connectivity index (χ1v) is 9.41. The molecule has 0 unspecified atom stereocenters. The molecule has 0 aliphatic rings. The number of carbonyl (C=O) groups is 1. The van der Waals surface area contributed by atoms with E-state index in [9.17, 15) is 13.2 Å². The molecule has 0 saturated carbocycles. The molecule has 2 aromatic rings. The van der Waals surface area contributed by atoms with Crippen LogP contribution in [0.3, 0.4) is 0 Å². The molecule has 1 N–H and O–H groups in total. The number of aryl methyl sites for hydroxylation is 2. The van der Waals surface area contributed by atoms with Crippen molar-refractivity contribution in [1.82, 2.24) is 0 Å². The van der Waals surface area contributed by atoms with Crippen LogP contribution in [0.1, 0.15) is 34.8 Å². The highest BCUT2D eigenvalue weighted by Crippen LogP contribution is 2.18. The van der Waals surface area contributed by atoms with Gasteiger partial charge in [0.15, 0.2) is 9.84 Å². The molecule has 2 aromatic carbocycles. The summed E-state index contributed by atoms with van der Waals surface area (Å²) in [5.41, 5.74) is 3.02. The lowest BCUT2D eigenvalue weighted by Gasteiger charge is -2.10. The zero-order valence-electron chi connectivity index (χ0n) is 13.6. The van der Waals surface area contributed by atoms with E-state index >= 15 is 0 Å². The van der Waals surface area contributed by atoms with E-state index in [1.807, 2.05) is 24.3 Å². The van der Waals surface area contributed by atoms with Gasteiger partial charge in [-0.3, -0.25) is 4.79 Å². The molecule has 1 amide bonds. The summed E-state index contributed by atoms with van der Waals surface area (Å²) in [6.07, 6.45) is 3.21. The van der Waals surface area contributed by atoms with Gasteiger partial charge in [-0.1, -0.05) is 31.5 Å². The Hall–Kier alpha value is -2.14. The molecule has 5 heteroatoms. The topological polar surface area (TPSA) is 63.2 Å². The van der Waals surface area contributed by atoms with Gasteiger partial charge in [-0.2, -0.15) is 0 Å². The molecule has 122 valence electrons. The number of anilines is 1. The lowest BCUT2D eigenvalue weighted by Crippen LogP contribution is -2.14. The van der Waals surface area contributed by atoms with Crippen molar-refractivity contribution in [2.45, 2.75) is 31.6 Å². The predicted octanol–water partition coefficient (Wildman–Crippen LogP) is 3.60. The van der Waals surface area contributed by atoms with Gasteiger partial charge in [-0.25, -0.2) is 8.42 Å². The van der Waals surface area contributed by atoms with Gasteiger partial charge in [0, 0.05) is 17.5 Å². The van der Waals surface area contributed by atoms with Crippen LogP contribution in [-0.2, 0) is 16.3 Å². The van der Waals surface area contributed by atoms with Crippen molar-refractivity contribution in [2.24, 2.45) is 0 Å². The molecule has 2 rings (SSSR count). The summed E-state index contributed by atoms with van der Waals surface area (Å²) in [5, 5.41) is 2.81. The lowest BCUT2D eigenvalue weighted by atomic mass is 10.1. The average molecular weight is 331 g/mol. The van der Waals surface area contributed by atoms with Crippen molar-refractivity contribution in [1.29, 1.82) is 0 Å². The average Bonchev–Trinajstić information content (AvgIpc) is 2.48. The third kappa shape index (κ3) is 4.42. The zero-order chi connectivity index (χ0) is 17.0. The van der Waals surface area contributed by atoms with Gasteiger partial charge < -0.3 is 5.32 Å². The molecular formula is C18H21NO3S. The molecule has 0 saturated heterocycles. The smallest absolute Gasteiger partial charge is 0.255 e. The van der Waals surface area contributed by atoms with Crippen LogP contribution >= 0.6 is 0 Å². The van der Waals surface area contributed by atoms with E-state index in [0.29, 0.717) is 11.3 Å². The quantitative estimate of drug-likeness (QED) is 0.910. The Morgan fingerprint density at radius 3 is 2.30 bits per heavy atom. The van der Waals surface area contributed by atoms with Crippen molar-refractivity contribution < 1.29 is 13.2 Å². The Morgan fingerprint density at radius 2 is 1.74 bits per heavy atom. The first-order chi connectivity index (χ1) is 10.8. The maximum atomic E-state index is 12.4. The second-order valence-corrected chi connectivity index (χ2v) is 7.67. The number of hydrogen-bond acceptors (Lipinski definition) is 3. The third-order valence-electron chi connectivity index (χ3n) is 3.63. The summed E-state index contributed by atoms with van der Waals surface area (Å²) < 4.78 is 23.3. The Morgan fingerprint density at radius 1 is 1.09 bits per heavy atom. The highest BCUT2D eigenvalue weighted by Gasteiger charge is 2.14. The molecule has 23 heavy (non-hydrogen) atoms. The van der Waals surface area contributed by atoms with E-state index in [1.165, 1.54) is 17.7 Å². The van der Waals surface area contributed by atoms with Crippen LogP contribution in [0.15, 0.2) is 47.4 Å². The van der Waals surface area contributed by atoms with E-state index in [-0.39, 0.29) is 10.8 Å². The number of rotatable bonds is 5. The standard InChI is InChI=1S/C18H21NO3S/c1-4-5-14-7-9-15(10-8-14)19-18(20)17-12-16(23(3,21)22)11-6-13(17)2/h6-12H,4-5H2,1-3H3,(H,19,20). The largest absolute Gasteiger partial charge is 0.322 e. The van der Waals surface area contributed by atoms with Crippen LogP contribution in [-0.4, -0.2) is 20.6 Å². The zero-order valence-corrected chi connectivity index (χ0v) is 14.4. The third-order valence-corrected chi connectivity index (χ3v) is 4.74. The van der Waals surface area contributed by atoms with Gasteiger partial charge >= 0.3 is 0 Å². The van der Waals surface area contributed by atoms with E-state index in [4.69, 9.17) is 0 Å². The molecule has 0 fully saturated rings. The number of benzene rings is 2. The maximum Gasteiger partial charge on any atom is 0.255 e. The number of amides is 1. The number of hydrogen-bond donors (Lipinski definition) is 1. The van der Waals surface area contributed by atoms with E-state index in [0.717, 1.165) is 24.7 Å². The van der Waals surface area contributed by atoms with Crippen LogP contribution in [0.2, 0.25) is 0 Å². The van der Waals surface area contributed by atoms with Crippen LogP contribution in [0.5, 0.6) is 0 Å². The summed E-state index contributed by atoms with van der Waals surface area (Å²) in [6, 6.07) is 12.3. The van der Waals surface area contributed by atoms with Crippen molar-refractivity contribution in [3.8, 4) is 0 Å². The fraction of sp³-hybridized carbons (Fsp3) is 0.278. The molecule has 0 aliphatic carbocycles. The van der Waals surface area contributed by atoms with Crippen LogP contribution in [0.4, 0.5) is 5.69 Å². The first-order valence-electron chi connectivity index (χ1n) is 7.52. The monoisotopic (exact) mass is 331 g/mol. The Bertz CT molecular complexity index is 809. The summed E-state index contributed by atoms with van der Waals surface area (Å²) in [5.74, 6) is -0.309. The highest BCUT2D eigenvalue weighted by molar-refractivity contribution is 7.90. The summed E-state index contributed by atoms with van der Waals surface area (Å²) in [7, 11) is -3.34. The fourth-order valence-corrected chi connectivity index (χ4v) is 2.97.